The number of carbonyl (C=O) groups excluding carboxylic acids is 5. The first kappa shape index (κ1) is 22.4. The number of anilines is 1. The molecule has 0 atom stereocenters. The Bertz CT molecular complexity index is 1570. The monoisotopic (exact) mass is 490 g/mol. The SMILES string of the molecule is O=C(OCCN1C(=O)c2ccccc2C1=O)c1ccc(N2C(=O)c3cccc4cccc(c34)C2=O)cc1. The Morgan fingerprint density at radius 2 is 1.16 bits per heavy atom. The first-order valence-electron chi connectivity index (χ1n) is 11.6. The molecule has 0 saturated carbocycles. The van der Waals surface area contributed by atoms with Crippen LogP contribution in [0.3, 0.4) is 0 Å². The number of rotatable bonds is 5. The lowest BCUT2D eigenvalue weighted by Gasteiger charge is -2.27. The van der Waals surface area contributed by atoms with E-state index in [0.29, 0.717) is 33.3 Å². The minimum absolute atomic E-state index is 0.0715. The fourth-order valence-electron chi connectivity index (χ4n) is 4.77. The van der Waals surface area contributed by atoms with Gasteiger partial charge in [-0.1, -0.05) is 36.4 Å². The summed E-state index contributed by atoms with van der Waals surface area (Å²) < 4.78 is 5.27. The maximum absolute atomic E-state index is 13.2. The summed E-state index contributed by atoms with van der Waals surface area (Å²) in [5.74, 6) is -2.38. The van der Waals surface area contributed by atoms with Gasteiger partial charge >= 0.3 is 5.97 Å². The lowest BCUT2D eigenvalue weighted by molar-refractivity contribution is 0.0420. The largest absolute Gasteiger partial charge is 0.460 e. The molecule has 0 saturated heterocycles. The number of benzene rings is 4. The number of hydrogen-bond donors (Lipinski definition) is 0. The van der Waals surface area contributed by atoms with E-state index in [4.69, 9.17) is 4.74 Å². The van der Waals surface area contributed by atoms with E-state index in [0.717, 1.165) is 15.2 Å². The summed E-state index contributed by atoms with van der Waals surface area (Å²) >= 11 is 0. The highest BCUT2D eigenvalue weighted by Crippen LogP contribution is 2.33. The number of carbonyl (C=O) groups is 5. The van der Waals surface area contributed by atoms with Gasteiger partial charge < -0.3 is 4.74 Å². The summed E-state index contributed by atoms with van der Waals surface area (Å²) in [7, 11) is 0. The molecule has 0 bridgehead atoms. The van der Waals surface area contributed by atoms with Crippen LogP contribution in [0.1, 0.15) is 51.8 Å². The molecule has 0 spiro atoms. The number of imide groups is 2. The van der Waals surface area contributed by atoms with E-state index in [-0.39, 0.29) is 18.7 Å². The normalized spacial score (nSPS) is 14.4. The average Bonchev–Trinajstić information content (AvgIpc) is 3.17. The number of nitrogens with zero attached hydrogens (tertiary/aromatic N) is 2. The summed E-state index contributed by atoms with van der Waals surface area (Å²) in [6.07, 6.45) is 0. The zero-order chi connectivity index (χ0) is 25.7. The Kier molecular flexibility index (Phi) is 5.15. The van der Waals surface area contributed by atoms with Crippen LogP contribution < -0.4 is 4.90 Å². The van der Waals surface area contributed by atoms with Crippen LogP contribution in [0.2, 0.25) is 0 Å². The maximum atomic E-state index is 13.2. The van der Waals surface area contributed by atoms with Crippen LogP contribution in [0, 0.1) is 0 Å². The van der Waals surface area contributed by atoms with E-state index in [9.17, 15) is 24.0 Å². The first-order chi connectivity index (χ1) is 18.0. The van der Waals surface area contributed by atoms with Gasteiger partial charge in [0.2, 0.25) is 0 Å². The van der Waals surface area contributed by atoms with Crippen molar-refractivity contribution in [2.24, 2.45) is 0 Å². The third kappa shape index (κ3) is 3.49. The Balaban J connectivity index is 1.15. The average molecular weight is 490 g/mol. The molecule has 8 heteroatoms. The first-order valence-corrected chi connectivity index (χ1v) is 11.6. The molecule has 2 aliphatic rings. The molecule has 180 valence electrons. The maximum Gasteiger partial charge on any atom is 0.338 e. The number of hydrogen-bond acceptors (Lipinski definition) is 6. The molecule has 4 aromatic rings. The van der Waals surface area contributed by atoms with Gasteiger partial charge in [0, 0.05) is 16.5 Å². The lowest BCUT2D eigenvalue weighted by Crippen LogP contribution is -2.40. The zero-order valence-corrected chi connectivity index (χ0v) is 19.3. The molecule has 0 fully saturated rings. The number of ether oxygens (including phenoxy) is 1. The van der Waals surface area contributed by atoms with Gasteiger partial charge in [-0.2, -0.15) is 0 Å². The fourth-order valence-corrected chi connectivity index (χ4v) is 4.77. The topological polar surface area (TPSA) is 101 Å². The molecular formula is C29H18N2O6. The Labute approximate surface area is 210 Å². The van der Waals surface area contributed by atoms with Crippen molar-refractivity contribution in [3.05, 3.63) is 113 Å². The van der Waals surface area contributed by atoms with E-state index in [1.165, 1.54) is 24.3 Å². The second-order valence-corrected chi connectivity index (χ2v) is 8.65. The molecule has 2 heterocycles. The van der Waals surface area contributed by atoms with Gasteiger partial charge in [0.05, 0.1) is 28.9 Å². The van der Waals surface area contributed by atoms with Crippen molar-refractivity contribution in [1.82, 2.24) is 4.90 Å². The lowest BCUT2D eigenvalue weighted by atomic mass is 9.94. The van der Waals surface area contributed by atoms with Crippen LogP contribution in [-0.4, -0.2) is 47.6 Å². The summed E-state index contributed by atoms with van der Waals surface area (Å²) in [6, 6.07) is 23.1. The van der Waals surface area contributed by atoms with Gasteiger partial charge in [-0.15, -0.1) is 0 Å². The van der Waals surface area contributed by atoms with Crippen molar-refractivity contribution in [3.8, 4) is 0 Å². The van der Waals surface area contributed by atoms with E-state index in [1.807, 2.05) is 12.1 Å². The molecule has 0 unspecified atom stereocenters. The van der Waals surface area contributed by atoms with E-state index in [1.54, 1.807) is 48.5 Å². The van der Waals surface area contributed by atoms with E-state index >= 15 is 0 Å². The molecule has 0 N–H and O–H groups in total. The molecule has 37 heavy (non-hydrogen) atoms. The van der Waals surface area contributed by atoms with Crippen LogP contribution in [0.4, 0.5) is 5.69 Å². The second-order valence-electron chi connectivity index (χ2n) is 8.65. The Hall–Kier alpha value is -5.11. The van der Waals surface area contributed by atoms with Gasteiger partial charge in [0.1, 0.15) is 6.61 Å². The van der Waals surface area contributed by atoms with Crippen LogP contribution >= 0.6 is 0 Å². The molecule has 0 radical (unpaired) electrons. The Morgan fingerprint density at radius 3 is 1.73 bits per heavy atom. The van der Waals surface area contributed by atoms with Crippen molar-refractivity contribution >= 4 is 46.1 Å². The quantitative estimate of drug-likeness (QED) is 0.309. The van der Waals surface area contributed by atoms with Crippen LogP contribution in [0.5, 0.6) is 0 Å². The fraction of sp³-hybridized carbons (Fsp3) is 0.0690. The Morgan fingerprint density at radius 1 is 0.622 bits per heavy atom. The van der Waals surface area contributed by atoms with Crippen molar-refractivity contribution in [2.45, 2.75) is 0 Å². The van der Waals surface area contributed by atoms with Crippen molar-refractivity contribution in [3.63, 3.8) is 0 Å². The second kappa shape index (κ2) is 8.53. The zero-order valence-electron chi connectivity index (χ0n) is 19.3. The number of fused-ring (bicyclic) bond motifs is 1. The third-order valence-corrected chi connectivity index (χ3v) is 6.56. The standard InChI is InChI=1S/C29H18N2O6/c32-25-20-7-1-2-8-21(20)26(33)30(25)15-16-37-29(36)18-11-13-19(14-12-18)31-27(34)22-9-3-5-17-6-4-10-23(24(17)22)28(31)35/h1-14H,15-16H2. The van der Waals surface area contributed by atoms with E-state index < -0.39 is 29.6 Å². The molecule has 6 rings (SSSR count). The van der Waals surface area contributed by atoms with Gasteiger partial charge in [-0.05, 0) is 53.9 Å². The summed E-state index contributed by atoms with van der Waals surface area (Å²) in [5, 5.41) is 1.45. The third-order valence-electron chi connectivity index (χ3n) is 6.56. The summed E-state index contributed by atoms with van der Waals surface area (Å²) in [6.45, 7) is -0.242. The molecule has 2 aliphatic heterocycles. The minimum Gasteiger partial charge on any atom is -0.460 e. The highest BCUT2D eigenvalue weighted by atomic mass is 16.5. The molecule has 4 amide bonds. The number of amides is 4. The highest BCUT2D eigenvalue weighted by molar-refractivity contribution is 6.35. The van der Waals surface area contributed by atoms with Crippen molar-refractivity contribution < 1.29 is 28.7 Å². The molecular weight excluding hydrogens is 472 g/mol. The summed E-state index contributed by atoms with van der Waals surface area (Å²) in [4.78, 5) is 65.9. The van der Waals surface area contributed by atoms with Crippen LogP contribution in [0.25, 0.3) is 10.8 Å². The number of esters is 1. The molecule has 0 aliphatic carbocycles. The van der Waals surface area contributed by atoms with Gasteiger partial charge in [-0.25, -0.2) is 9.69 Å². The minimum atomic E-state index is -0.658. The van der Waals surface area contributed by atoms with Crippen molar-refractivity contribution in [1.29, 1.82) is 0 Å². The predicted molar refractivity (Wildman–Crippen MR) is 134 cm³/mol. The predicted octanol–water partition coefficient (Wildman–Crippen LogP) is 4.09. The molecule has 4 aromatic carbocycles. The summed E-state index contributed by atoms with van der Waals surface area (Å²) in [5.41, 5.74) is 2.05. The van der Waals surface area contributed by atoms with Gasteiger partial charge in [-0.3, -0.25) is 24.1 Å². The van der Waals surface area contributed by atoms with Gasteiger partial charge in [0.15, 0.2) is 0 Å². The van der Waals surface area contributed by atoms with Crippen LogP contribution in [-0.2, 0) is 4.74 Å². The van der Waals surface area contributed by atoms with Gasteiger partial charge in [0.25, 0.3) is 23.6 Å². The molecule has 8 nitrogen and oxygen atoms in total. The highest BCUT2D eigenvalue weighted by Gasteiger charge is 2.35. The van der Waals surface area contributed by atoms with Crippen LogP contribution in [0.15, 0.2) is 84.9 Å². The molecule has 0 aromatic heterocycles. The van der Waals surface area contributed by atoms with E-state index in [2.05, 4.69) is 0 Å². The smallest absolute Gasteiger partial charge is 0.338 e. The van der Waals surface area contributed by atoms with Crippen molar-refractivity contribution in [2.75, 3.05) is 18.1 Å².